The van der Waals surface area contributed by atoms with Gasteiger partial charge in [0, 0.05) is 0 Å². The van der Waals surface area contributed by atoms with Gasteiger partial charge in [0.2, 0.25) is 0 Å². The second-order valence-electron chi connectivity index (χ2n) is 3.62. The first-order valence-corrected chi connectivity index (χ1v) is 4.58. The number of ether oxygens (including phenoxy) is 1. The highest BCUT2D eigenvalue weighted by atomic mass is 19.4. The molecule has 0 saturated carbocycles. The van der Waals surface area contributed by atoms with Crippen LogP contribution in [-0.4, -0.2) is 60.5 Å². The van der Waals surface area contributed by atoms with Gasteiger partial charge in [0.1, 0.15) is 6.54 Å². The third-order valence-electron chi connectivity index (χ3n) is 2.33. The molecule has 0 aromatic carbocycles. The molecular formula is C8H11F3N2O4. The molecule has 0 radical (unpaired) electrons. The highest BCUT2D eigenvalue weighted by Crippen LogP contribution is 2.37. The van der Waals surface area contributed by atoms with Crippen LogP contribution in [0.3, 0.4) is 0 Å². The molecule has 1 aliphatic heterocycles. The Hall–Kier alpha value is -1.51. The molecule has 2 amide bonds. The lowest BCUT2D eigenvalue weighted by Crippen LogP contribution is -2.71. The van der Waals surface area contributed by atoms with Gasteiger partial charge < -0.3 is 20.1 Å². The number of urea groups is 1. The largest absolute Gasteiger partial charge is 0.468 e. The second kappa shape index (κ2) is 4.40. The summed E-state index contributed by atoms with van der Waals surface area (Å²) < 4.78 is 40.8. The van der Waals surface area contributed by atoms with E-state index in [1.54, 1.807) is 0 Å². The van der Waals surface area contributed by atoms with Crippen molar-refractivity contribution in [2.24, 2.45) is 0 Å². The van der Waals surface area contributed by atoms with Crippen molar-refractivity contribution >= 4 is 12.0 Å². The monoisotopic (exact) mass is 256 g/mol. The lowest BCUT2D eigenvalue weighted by atomic mass is 9.94. The van der Waals surface area contributed by atoms with E-state index in [4.69, 9.17) is 5.11 Å². The first-order valence-electron chi connectivity index (χ1n) is 4.58. The number of carbonyl (C=O) groups is 2. The van der Waals surface area contributed by atoms with E-state index >= 15 is 0 Å². The van der Waals surface area contributed by atoms with Crippen LogP contribution in [0.2, 0.25) is 0 Å². The molecule has 6 nitrogen and oxygen atoms in total. The first kappa shape index (κ1) is 13.6. The lowest BCUT2D eigenvalue weighted by molar-refractivity contribution is -0.294. The molecule has 0 spiro atoms. The summed E-state index contributed by atoms with van der Waals surface area (Å²) in [6, 6.07) is -0.857. The number of alkyl halides is 3. The minimum Gasteiger partial charge on any atom is -0.468 e. The summed E-state index contributed by atoms with van der Waals surface area (Å²) in [7, 11) is 1.11. The summed E-state index contributed by atoms with van der Waals surface area (Å²) in [5, 5.41) is 11.1. The van der Waals surface area contributed by atoms with Crippen LogP contribution in [0.15, 0.2) is 0 Å². The molecule has 0 unspecified atom stereocenters. The Kier molecular flexibility index (Phi) is 3.51. The quantitative estimate of drug-likeness (QED) is 0.651. The Labute approximate surface area is 94.3 Å². The predicted octanol–water partition coefficient (Wildman–Crippen LogP) is -0.522. The molecule has 0 aromatic rings. The Morgan fingerprint density at radius 1 is 1.47 bits per heavy atom. The van der Waals surface area contributed by atoms with Gasteiger partial charge in [-0.2, -0.15) is 13.2 Å². The summed E-state index contributed by atoms with van der Waals surface area (Å²) >= 11 is 0. The minimum atomic E-state index is -4.77. The molecular weight excluding hydrogens is 245 g/mol. The Morgan fingerprint density at radius 3 is 2.41 bits per heavy atom. The van der Waals surface area contributed by atoms with E-state index in [0.717, 1.165) is 12.0 Å². The standard InChI is InChI=1S/C8H11F3N2O4/c1-17-5(14)2-12-6(15)13-3-7(16,4-13)8(9,10)11/h16H,2-4H2,1H3,(H,12,15). The zero-order valence-electron chi connectivity index (χ0n) is 8.87. The third kappa shape index (κ3) is 2.78. The number of hydrogen-bond acceptors (Lipinski definition) is 4. The van der Waals surface area contributed by atoms with E-state index in [-0.39, 0.29) is 0 Å². The fraction of sp³-hybridized carbons (Fsp3) is 0.750. The summed E-state index contributed by atoms with van der Waals surface area (Å²) in [6.45, 7) is -2.12. The maximum atomic E-state index is 12.2. The van der Waals surface area contributed by atoms with E-state index in [1.165, 1.54) is 0 Å². The summed E-state index contributed by atoms with van der Waals surface area (Å²) in [5.41, 5.74) is -2.85. The van der Waals surface area contributed by atoms with Gasteiger partial charge >= 0.3 is 18.2 Å². The van der Waals surface area contributed by atoms with Crippen LogP contribution >= 0.6 is 0 Å². The maximum Gasteiger partial charge on any atom is 0.420 e. The average Bonchev–Trinajstić information content (AvgIpc) is 2.19. The van der Waals surface area contributed by atoms with Crippen LogP contribution in [0.4, 0.5) is 18.0 Å². The zero-order chi connectivity index (χ0) is 13.3. The van der Waals surface area contributed by atoms with E-state index in [2.05, 4.69) is 10.1 Å². The summed E-state index contributed by atoms with van der Waals surface area (Å²) in [4.78, 5) is 22.6. The highest BCUT2D eigenvalue weighted by Gasteiger charge is 2.62. The van der Waals surface area contributed by atoms with Crippen LogP contribution in [0, 0.1) is 0 Å². The van der Waals surface area contributed by atoms with Crippen LogP contribution in [-0.2, 0) is 9.53 Å². The van der Waals surface area contributed by atoms with Crippen LogP contribution < -0.4 is 5.32 Å². The molecule has 1 saturated heterocycles. The van der Waals surface area contributed by atoms with Crippen molar-refractivity contribution in [3.8, 4) is 0 Å². The van der Waals surface area contributed by atoms with Crippen molar-refractivity contribution in [3.05, 3.63) is 0 Å². The van der Waals surface area contributed by atoms with E-state index < -0.39 is 43.4 Å². The Balaban J connectivity index is 2.38. The molecule has 1 fully saturated rings. The van der Waals surface area contributed by atoms with Crippen molar-refractivity contribution in [1.82, 2.24) is 10.2 Å². The number of methoxy groups -OCH3 is 1. The van der Waals surface area contributed by atoms with Gasteiger partial charge in [-0.25, -0.2) is 4.79 Å². The van der Waals surface area contributed by atoms with Crippen LogP contribution in [0.25, 0.3) is 0 Å². The highest BCUT2D eigenvalue weighted by molar-refractivity contribution is 5.81. The number of rotatable bonds is 2. The minimum absolute atomic E-state index is 0.434. The topological polar surface area (TPSA) is 78.9 Å². The molecule has 0 aliphatic carbocycles. The molecule has 2 N–H and O–H groups in total. The van der Waals surface area contributed by atoms with Gasteiger partial charge in [0.25, 0.3) is 0 Å². The maximum absolute atomic E-state index is 12.2. The molecule has 98 valence electrons. The van der Waals surface area contributed by atoms with Gasteiger partial charge in [-0.15, -0.1) is 0 Å². The number of hydrogen-bond donors (Lipinski definition) is 2. The number of carbonyl (C=O) groups excluding carboxylic acids is 2. The molecule has 0 bridgehead atoms. The average molecular weight is 256 g/mol. The van der Waals surface area contributed by atoms with E-state index in [0.29, 0.717) is 0 Å². The SMILES string of the molecule is COC(=O)CNC(=O)N1CC(O)(C(F)(F)F)C1. The normalized spacial score (nSPS) is 18.3. The van der Waals surface area contributed by atoms with Crippen LogP contribution in [0.1, 0.15) is 0 Å². The number of likely N-dealkylation sites (tertiary alicyclic amines) is 1. The summed E-state index contributed by atoms with van der Waals surface area (Å²) in [6.07, 6.45) is -4.77. The molecule has 17 heavy (non-hydrogen) atoms. The van der Waals surface area contributed by atoms with Crippen molar-refractivity contribution in [3.63, 3.8) is 0 Å². The first-order chi connectivity index (χ1) is 7.69. The van der Waals surface area contributed by atoms with E-state index in [1.807, 2.05) is 0 Å². The third-order valence-corrected chi connectivity index (χ3v) is 2.33. The van der Waals surface area contributed by atoms with Gasteiger partial charge in [-0.1, -0.05) is 0 Å². The summed E-state index contributed by atoms with van der Waals surface area (Å²) in [5.74, 6) is -0.718. The fourth-order valence-corrected chi connectivity index (χ4v) is 1.24. The molecule has 1 heterocycles. The van der Waals surface area contributed by atoms with Gasteiger partial charge in [-0.05, 0) is 0 Å². The van der Waals surface area contributed by atoms with Gasteiger partial charge in [-0.3, -0.25) is 4.79 Å². The molecule has 1 aliphatic rings. The molecule has 9 heteroatoms. The zero-order valence-corrected chi connectivity index (χ0v) is 8.87. The van der Waals surface area contributed by atoms with Gasteiger partial charge in [0.15, 0.2) is 5.60 Å². The smallest absolute Gasteiger partial charge is 0.420 e. The number of nitrogens with one attached hydrogen (secondary N) is 1. The predicted molar refractivity (Wildman–Crippen MR) is 48.0 cm³/mol. The number of esters is 1. The Morgan fingerprint density at radius 2 is 2.00 bits per heavy atom. The Bertz CT molecular complexity index is 325. The van der Waals surface area contributed by atoms with Crippen molar-refractivity contribution in [1.29, 1.82) is 0 Å². The fourth-order valence-electron chi connectivity index (χ4n) is 1.24. The van der Waals surface area contributed by atoms with Crippen molar-refractivity contribution in [2.75, 3.05) is 26.7 Å². The van der Waals surface area contributed by atoms with Crippen molar-refractivity contribution < 1.29 is 32.6 Å². The van der Waals surface area contributed by atoms with Crippen LogP contribution in [0.5, 0.6) is 0 Å². The second-order valence-corrected chi connectivity index (χ2v) is 3.62. The van der Waals surface area contributed by atoms with Gasteiger partial charge in [0.05, 0.1) is 20.2 Å². The number of amides is 2. The van der Waals surface area contributed by atoms with E-state index in [9.17, 15) is 22.8 Å². The number of nitrogens with zero attached hydrogens (tertiary/aromatic N) is 1. The van der Waals surface area contributed by atoms with Crippen molar-refractivity contribution in [2.45, 2.75) is 11.8 Å². The molecule has 1 rings (SSSR count). The number of β-amino-alcohol motifs (C(OH)–C–C–N with tert-alkyl or cyclic N) is 1. The number of halogens is 3. The molecule has 0 aromatic heterocycles. The lowest BCUT2D eigenvalue weighted by Gasteiger charge is -2.46. The number of aliphatic hydroxyl groups is 1. The molecule has 0 atom stereocenters.